The van der Waals surface area contributed by atoms with Crippen LogP contribution >= 0.6 is 0 Å². The van der Waals surface area contributed by atoms with E-state index in [2.05, 4.69) is 0 Å². The van der Waals surface area contributed by atoms with Gasteiger partial charge in [0.05, 0.1) is 5.60 Å². The van der Waals surface area contributed by atoms with Crippen molar-refractivity contribution in [3.05, 3.63) is 35.4 Å². The average Bonchev–Trinajstić information content (AvgIpc) is 2.26. The van der Waals surface area contributed by atoms with E-state index >= 15 is 0 Å². The molecule has 94 valence electrons. The summed E-state index contributed by atoms with van der Waals surface area (Å²) in [5.74, 6) is -1.80. The van der Waals surface area contributed by atoms with E-state index in [9.17, 15) is 13.9 Å². The number of benzene rings is 1. The van der Waals surface area contributed by atoms with E-state index in [1.54, 1.807) is 0 Å². The smallest absolute Gasteiger partial charge is 0.164 e. The molecule has 0 amide bonds. The lowest BCUT2D eigenvalue weighted by Crippen LogP contribution is -2.45. The molecule has 0 saturated heterocycles. The van der Waals surface area contributed by atoms with Crippen molar-refractivity contribution in [3.63, 3.8) is 0 Å². The van der Waals surface area contributed by atoms with Crippen molar-refractivity contribution >= 4 is 0 Å². The summed E-state index contributed by atoms with van der Waals surface area (Å²) in [6.07, 6.45) is 3.17. The van der Waals surface area contributed by atoms with Gasteiger partial charge in [-0.15, -0.1) is 0 Å². The zero-order valence-electron chi connectivity index (χ0n) is 10.3. The van der Waals surface area contributed by atoms with Gasteiger partial charge in [-0.2, -0.15) is 0 Å². The molecular weight excluding hydrogens is 222 g/mol. The van der Waals surface area contributed by atoms with Crippen LogP contribution < -0.4 is 0 Å². The number of halogens is 2. The zero-order valence-corrected chi connectivity index (χ0v) is 10.3. The molecule has 2 rings (SSSR count). The summed E-state index contributed by atoms with van der Waals surface area (Å²) in [5, 5.41) is 10.8. The Hall–Kier alpha value is -0.960. The predicted octanol–water partition coefficient (Wildman–Crippen LogP) is 3.75. The lowest BCUT2D eigenvalue weighted by atomic mass is 9.62. The monoisotopic (exact) mass is 240 g/mol. The molecule has 1 fully saturated rings. The SMILES string of the molecule is CC1(C)CCCCC1(O)c1cccc(F)c1F. The number of hydrogen-bond donors (Lipinski definition) is 1. The molecule has 1 unspecified atom stereocenters. The fourth-order valence-corrected chi connectivity index (χ4v) is 2.82. The van der Waals surface area contributed by atoms with Crippen LogP contribution in [0.2, 0.25) is 0 Å². The van der Waals surface area contributed by atoms with E-state index < -0.39 is 22.7 Å². The highest BCUT2D eigenvalue weighted by atomic mass is 19.2. The summed E-state index contributed by atoms with van der Waals surface area (Å²) >= 11 is 0. The van der Waals surface area contributed by atoms with Crippen LogP contribution in [0, 0.1) is 17.0 Å². The first-order valence-electron chi connectivity index (χ1n) is 6.05. The first-order valence-corrected chi connectivity index (χ1v) is 6.05. The van der Waals surface area contributed by atoms with Gasteiger partial charge < -0.3 is 5.11 Å². The Labute approximate surface area is 100 Å². The van der Waals surface area contributed by atoms with Crippen LogP contribution in [0.4, 0.5) is 8.78 Å². The summed E-state index contributed by atoms with van der Waals surface area (Å²) in [7, 11) is 0. The van der Waals surface area contributed by atoms with Crippen LogP contribution in [0.3, 0.4) is 0 Å². The Balaban J connectivity index is 2.53. The molecule has 0 heterocycles. The molecule has 1 atom stereocenters. The number of rotatable bonds is 1. The molecule has 1 N–H and O–H groups in total. The van der Waals surface area contributed by atoms with E-state index in [0.29, 0.717) is 6.42 Å². The summed E-state index contributed by atoms with van der Waals surface area (Å²) in [4.78, 5) is 0. The quantitative estimate of drug-likeness (QED) is 0.792. The van der Waals surface area contributed by atoms with Gasteiger partial charge >= 0.3 is 0 Å². The van der Waals surface area contributed by atoms with Crippen molar-refractivity contribution in [1.29, 1.82) is 0 Å². The Bertz CT molecular complexity index is 428. The molecule has 1 aliphatic carbocycles. The van der Waals surface area contributed by atoms with Crippen molar-refractivity contribution in [2.75, 3.05) is 0 Å². The summed E-state index contributed by atoms with van der Waals surface area (Å²) < 4.78 is 27.1. The molecule has 1 aromatic carbocycles. The third kappa shape index (κ3) is 1.86. The van der Waals surface area contributed by atoms with E-state index in [0.717, 1.165) is 25.3 Å². The van der Waals surface area contributed by atoms with E-state index in [4.69, 9.17) is 0 Å². The van der Waals surface area contributed by atoms with Crippen LogP contribution in [0.5, 0.6) is 0 Å². The van der Waals surface area contributed by atoms with Crippen molar-refractivity contribution in [2.45, 2.75) is 45.1 Å². The molecule has 1 aromatic rings. The van der Waals surface area contributed by atoms with E-state index in [1.165, 1.54) is 12.1 Å². The lowest BCUT2D eigenvalue weighted by molar-refractivity contribution is -0.106. The molecule has 1 nitrogen and oxygen atoms in total. The van der Waals surface area contributed by atoms with E-state index in [1.807, 2.05) is 13.8 Å². The zero-order chi connectivity index (χ0) is 12.7. The van der Waals surface area contributed by atoms with Gasteiger partial charge in [-0.1, -0.05) is 38.8 Å². The minimum absolute atomic E-state index is 0.0993. The highest BCUT2D eigenvalue weighted by molar-refractivity contribution is 5.28. The molecule has 0 aliphatic heterocycles. The minimum atomic E-state index is -1.27. The van der Waals surface area contributed by atoms with Crippen molar-refractivity contribution < 1.29 is 13.9 Å². The topological polar surface area (TPSA) is 20.2 Å². The summed E-state index contributed by atoms with van der Waals surface area (Å²) in [6.45, 7) is 3.83. The lowest BCUT2D eigenvalue weighted by Gasteiger charge is -2.47. The molecule has 0 radical (unpaired) electrons. The second-order valence-corrected chi connectivity index (χ2v) is 5.55. The predicted molar refractivity (Wildman–Crippen MR) is 62.5 cm³/mol. The fourth-order valence-electron chi connectivity index (χ4n) is 2.82. The first kappa shape index (κ1) is 12.5. The third-order valence-corrected chi connectivity index (χ3v) is 4.11. The Morgan fingerprint density at radius 3 is 2.41 bits per heavy atom. The van der Waals surface area contributed by atoms with Crippen LogP contribution in [-0.4, -0.2) is 5.11 Å². The molecule has 3 heteroatoms. The second kappa shape index (κ2) is 4.05. The average molecular weight is 240 g/mol. The molecule has 17 heavy (non-hydrogen) atoms. The molecule has 0 aromatic heterocycles. The first-order chi connectivity index (χ1) is 7.88. The van der Waals surface area contributed by atoms with Crippen molar-refractivity contribution in [2.24, 2.45) is 5.41 Å². The van der Waals surface area contributed by atoms with Gasteiger partial charge in [-0.05, 0) is 24.3 Å². The number of aliphatic hydroxyl groups is 1. The molecule has 1 aliphatic rings. The summed E-state index contributed by atoms with van der Waals surface area (Å²) in [6, 6.07) is 4.03. The third-order valence-electron chi connectivity index (χ3n) is 4.11. The van der Waals surface area contributed by atoms with Crippen molar-refractivity contribution in [3.8, 4) is 0 Å². The van der Waals surface area contributed by atoms with Gasteiger partial charge in [0.2, 0.25) is 0 Å². The van der Waals surface area contributed by atoms with Gasteiger partial charge in [-0.25, -0.2) is 8.78 Å². The molecule has 0 bridgehead atoms. The van der Waals surface area contributed by atoms with Gasteiger partial charge in [0.15, 0.2) is 11.6 Å². The van der Waals surface area contributed by atoms with Gasteiger partial charge in [0, 0.05) is 5.56 Å². The highest BCUT2D eigenvalue weighted by Crippen LogP contribution is 2.50. The maximum atomic E-state index is 13.8. The Morgan fingerprint density at radius 1 is 1.12 bits per heavy atom. The minimum Gasteiger partial charge on any atom is -0.384 e. The van der Waals surface area contributed by atoms with Gasteiger partial charge in [-0.3, -0.25) is 0 Å². The maximum Gasteiger partial charge on any atom is 0.164 e. The van der Waals surface area contributed by atoms with Crippen LogP contribution in [0.1, 0.15) is 45.1 Å². The normalized spacial score (nSPS) is 28.1. The fraction of sp³-hybridized carbons (Fsp3) is 0.571. The van der Waals surface area contributed by atoms with Gasteiger partial charge in [0.1, 0.15) is 0 Å². The van der Waals surface area contributed by atoms with E-state index in [-0.39, 0.29) is 5.56 Å². The Kier molecular flexibility index (Phi) is 2.98. The largest absolute Gasteiger partial charge is 0.384 e. The standard InChI is InChI=1S/C14H18F2O/c1-13(2)8-3-4-9-14(13,17)10-6-5-7-11(15)12(10)16/h5-7,17H,3-4,8-9H2,1-2H3. The molecular formula is C14H18F2O. The van der Waals surface area contributed by atoms with Crippen LogP contribution in [-0.2, 0) is 5.60 Å². The van der Waals surface area contributed by atoms with Crippen LogP contribution in [0.15, 0.2) is 18.2 Å². The highest BCUT2D eigenvalue weighted by Gasteiger charge is 2.48. The molecule has 0 spiro atoms. The summed E-state index contributed by atoms with van der Waals surface area (Å²) in [5.41, 5.74) is -1.60. The maximum absolute atomic E-state index is 13.8. The Morgan fingerprint density at radius 2 is 1.76 bits per heavy atom. The van der Waals surface area contributed by atoms with Gasteiger partial charge in [0.25, 0.3) is 0 Å². The van der Waals surface area contributed by atoms with Crippen LogP contribution in [0.25, 0.3) is 0 Å². The van der Waals surface area contributed by atoms with Crippen molar-refractivity contribution in [1.82, 2.24) is 0 Å². The molecule has 1 saturated carbocycles. The number of hydrogen-bond acceptors (Lipinski definition) is 1. The second-order valence-electron chi connectivity index (χ2n) is 5.55.